The Morgan fingerprint density at radius 1 is 1.25 bits per heavy atom. The zero-order chi connectivity index (χ0) is 12.0. The summed E-state index contributed by atoms with van der Waals surface area (Å²) < 4.78 is 5.62. The fourth-order valence-corrected chi connectivity index (χ4v) is 3.31. The number of carbonyl (C=O) groups is 1. The van der Waals surface area contributed by atoms with Gasteiger partial charge >= 0.3 is 5.97 Å². The third kappa shape index (κ3) is 2.11. The van der Waals surface area contributed by atoms with Crippen molar-refractivity contribution < 1.29 is 9.53 Å². The number of hydrogen-bond donors (Lipinski definition) is 0. The van der Waals surface area contributed by atoms with Crippen molar-refractivity contribution in [2.75, 3.05) is 0 Å². The molecule has 1 saturated carbocycles. The van der Waals surface area contributed by atoms with Crippen molar-refractivity contribution in [3.05, 3.63) is 0 Å². The number of ether oxygens (including phenoxy) is 1. The summed E-state index contributed by atoms with van der Waals surface area (Å²) in [5, 5.41) is 0. The molecule has 0 unspecified atom stereocenters. The second-order valence-electron chi connectivity index (χ2n) is 6.85. The highest BCUT2D eigenvalue weighted by molar-refractivity contribution is 5.74. The van der Waals surface area contributed by atoms with Crippen LogP contribution in [0.15, 0.2) is 0 Å². The fraction of sp³-hybridized carbons (Fsp3) is 0.929. The monoisotopic (exact) mass is 224 g/mol. The molecule has 1 aliphatic carbocycles. The molecule has 0 bridgehead atoms. The maximum absolute atomic E-state index is 11.5. The van der Waals surface area contributed by atoms with Gasteiger partial charge < -0.3 is 4.74 Å². The van der Waals surface area contributed by atoms with Crippen LogP contribution in [0.5, 0.6) is 0 Å². The molecule has 0 amide bonds. The summed E-state index contributed by atoms with van der Waals surface area (Å²) in [5.41, 5.74) is 0.314. The number of esters is 1. The molecule has 2 rings (SSSR count). The van der Waals surface area contributed by atoms with Crippen molar-refractivity contribution in [2.24, 2.45) is 17.3 Å². The van der Waals surface area contributed by atoms with E-state index in [9.17, 15) is 4.79 Å². The van der Waals surface area contributed by atoms with E-state index in [1.807, 2.05) is 6.92 Å². The van der Waals surface area contributed by atoms with Crippen molar-refractivity contribution in [3.8, 4) is 0 Å². The van der Waals surface area contributed by atoms with Gasteiger partial charge in [0, 0.05) is 6.42 Å². The molecule has 92 valence electrons. The standard InChI is InChI=1S/C14H24O2/c1-10-9-14(16-12(10)15)7-5-11(6-8-14)13(2,3)4/h10-11H,5-9H2,1-4H3/t10-,11?,14?/m1/s1. The molecule has 1 heterocycles. The molecular formula is C14H24O2. The SMILES string of the molecule is C[C@@H]1CC2(CCC(C(C)(C)C)CC2)OC1=O. The maximum Gasteiger partial charge on any atom is 0.309 e. The largest absolute Gasteiger partial charge is 0.459 e. The molecule has 0 N–H and O–H groups in total. The van der Waals surface area contributed by atoms with Gasteiger partial charge in [-0.05, 0) is 37.0 Å². The highest BCUT2D eigenvalue weighted by Crippen LogP contribution is 2.47. The van der Waals surface area contributed by atoms with Crippen LogP contribution in [-0.2, 0) is 9.53 Å². The Balaban J connectivity index is 1.98. The van der Waals surface area contributed by atoms with Gasteiger partial charge in [0.05, 0.1) is 5.92 Å². The van der Waals surface area contributed by atoms with Gasteiger partial charge in [0.2, 0.25) is 0 Å². The van der Waals surface area contributed by atoms with Gasteiger partial charge in [-0.1, -0.05) is 27.7 Å². The Hall–Kier alpha value is -0.530. The molecule has 2 fully saturated rings. The average molecular weight is 224 g/mol. The van der Waals surface area contributed by atoms with E-state index in [1.165, 1.54) is 12.8 Å². The molecule has 0 radical (unpaired) electrons. The highest BCUT2D eigenvalue weighted by Gasteiger charge is 2.47. The molecule has 1 saturated heterocycles. The quantitative estimate of drug-likeness (QED) is 0.588. The predicted octanol–water partition coefficient (Wildman–Crippen LogP) is 3.54. The number of carbonyl (C=O) groups excluding carboxylic acids is 1. The van der Waals surface area contributed by atoms with Crippen molar-refractivity contribution in [1.82, 2.24) is 0 Å². The van der Waals surface area contributed by atoms with Crippen molar-refractivity contribution in [3.63, 3.8) is 0 Å². The van der Waals surface area contributed by atoms with Gasteiger partial charge in [-0.25, -0.2) is 0 Å². The van der Waals surface area contributed by atoms with Gasteiger partial charge in [-0.3, -0.25) is 4.79 Å². The summed E-state index contributed by atoms with van der Waals surface area (Å²) >= 11 is 0. The molecule has 1 atom stereocenters. The average Bonchev–Trinajstić information content (AvgIpc) is 2.41. The molecule has 1 spiro atoms. The van der Waals surface area contributed by atoms with E-state index in [4.69, 9.17) is 4.74 Å². The summed E-state index contributed by atoms with van der Waals surface area (Å²) in [5.74, 6) is 0.924. The Bertz CT molecular complexity index is 280. The lowest BCUT2D eigenvalue weighted by atomic mass is 9.67. The second-order valence-corrected chi connectivity index (χ2v) is 6.85. The summed E-state index contributed by atoms with van der Waals surface area (Å²) in [6.07, 6.45) is 5.52. The van der Waals surface area contributed by atoms with Crippen molar-refractivity contribution in [1.29, 1.82) is 0 Å². The summed E-state index contributed by atoms with van der Waals surface area (Å²) in [6, 6.07) is 0. The second kappa shape index (κ2) is 3.75. The van der Waals surface area contributed by atoms with E-state index < -0.39 is 0 Å². The fourth-order valence-electron chi connectivity index (χ4n) is 3.31. The first-order valence-electron chi connectivity index (χ1n) is 6.55. The smallest absolute Gasteiger partial charge is 0.309 e. The predicted molar refractivity (Wildman–Crippen MR) is 64.0 cm³/mol. The van der Waals surface area contributed by atoms with E-state index in [-0.39, 0.29) is 17.5 Å². The van der Waals surface area contributed by atoms with Gasteiger partial charge in [0.25, 0.3) is 0 Å². The van der Waals surface area contributed by atoms with Crippen LogP contribution >= 0.6 is 0 Å². The van der Waals surface area contributed by atoms with E-state index in [0.29, 0.717) is 5.41 Å². The number of rotatable bonds is 0. The molecule has 2 nitrogen and oxygen atoms in total. The third-order valence-electron chi connectivity index (χ3n) is 4.52. The van der Waals surface area contributed by atoms with E-state index in [2.05, 4.69) is 20.8 Å². The zero-order valence-corrected chi connectivity index (χ0v) is 11.0. The molecule has 1 aliphatic heterocycles. The normalized spacial score (nSPS) is 40.1. The molecule has 0 aromatic heterocycles. The van der Waals surface area contributed by atoms with Crippen molar-refractivity contribution in [2.45, 2.75) is 65.4 Å². The summed E-state index contributed by atoms with van der Waals surface area (Å²) in [7, 11) is 0. The zero-order valence-electron chi connectivity index (χ0n) is 11.0. The topological polar surface area (TPSA) is 26.3 Å². The summed E-state index contributed by atoms with van der Waals surface area (Å²) in [6.45, 7) is 8.95. The molecule has 0 aromatic carbocycles. The Morgan fingerprint density at radius 3 is 2.19 bits per heavy atom. The molecule has 16 heavy (non-hydrogen) atoms. The minimum Gasteiger partial charge on any atom is -0.459 e. The molecule has 2 heteroatoms. The highest BCUT2D eigenvalue weighted by atomic mass is 16.6. The number of hydrogen-bond acceptors (Lipinski definition) is 2. The third-order valence-corrected chi connectivity index (χ3v) is 4.52. The van der Waals surface area contributed by atoms with E-state index in [1.54, 1.807) is 0 Å². The first-order valence-corrected chi connectivity index (χ1v) is 6.55. The minimum atomic E-state index is -0.0851. The van der Waals surface area contributed by atoms with Crippen LogP contribution in [0.1, 0.15) is 59.8 Å². The van der Waals surface area contributed by atoms with Crippen molar-refractivity contribution >= 4 is 5.97 Å². The first kappa shape index (κ1) is 11.9. The lowest BCUT2D eigenvalue weighted by molar-refractivity contribution is -0.153. The Kier molecular flexibility index (Phi) is 2.80. The Labute approximate surface area is 98.7 Å². The van der Waals surface area contributed by atoms with Gasteiger partial charge in [-0.15, -0.1) is 0 Å². The lowest BCUT2D eigenvalue weighted by Crippen LogP contribution is -2.37. The van der Waals surface area contributed by atoms with Crippen LogP contribution in [0.25, 0.3) is 0 Å². The van der Waals surface area contributed by atoms with Crippen LogP contribution in [0.3, 0.4) is 0 Å². The maximum atomic E-state index is 11.5. The van der Waals surface area contributed by atoms with Crippen LogP contribution in [0.2, 0.25) is 0 Å². The lowest BCUT2D eigenvalue weighted by Gasteiger charge is -2.41. The van der Waals surface area contributed by atoms with Crippen LogP contribution < -0.4 is 0 Å². The summed E-state index contributed by atoms with van der Waals surface area (Å²) in [4.78, 5) is 11.5. The Morgan fingerprint density at radius 2 is 1.81 bits per heavy atom. The molecule has 2 aliphatic rings. The minimum absolute atomic E-state index is 0.0224. The van der Waals surface area contributed by atoms with Crippen LogP contribution in [0.4, 0.5) is 0 Å². The van der Waals surface area contributed by atoms with E-state index in [0.717, 1.165) is 25.2 Å². The first-order chi connectivity index (χ1) is 7.32. The molecular weight excluding hydrogens is 200 g/mol. The van der Waals surface area contributed by atoms with Gasteiger partial charge in [-0.2, -0.15) is 0 Å². The van der Waals surface area contributed by atoms with E-state index >= 15 is 0 Å². The molecule has 0 aromatic rings. The van der Waals surface area contributed by atoms with Crippen LogP contribution in [-0.4, -0.2) is 11.6 Å². The van der Waals surface area contributed by atoms with Crippen LogP contribution in [0, 0.1) is 17.3 Å². The van der Waals surface area contributed by atoms with Gasteiger partial charge in [0.15, 0.2) is 0 Å². The van der Waals surface area contributed by atoms with Gasteiger partial charge in [0.1, 0.15) is 5.60 Å².